The van der Waals surface area contributed by atoms with Crippen molar-refractivity contribution in [2.45, 2.75) is 174 Å². The minimum Gasteiger partial charge on any atom is -0.382 e. The Hall–Kier alpha value is -3.68. The molecule has 0 unspecified atom stereocenters. The van der Waals surface area contributed by atoms with E-state index >= 15 is 0 Å². The molecule has 8 nitrogen and oxygen atoms in total. The lowest BCUT2D eigenvalue weighted by atomic mass is 9.48. The summed E-state index contributed by atoms with van der Waals surface area (Å²) in [5.74, 6) is 6.51. The molecule has 300 valence electrons. The van der Waals surface area contributed by atoms with Gasteiger partial charge in [-0.25, -0.2) is 0 Å². The van der Waals surface area contributed by atoms with Gasteiger partial charge in [0, 0.05) is 34.6 Å². The molecule has 2 heterocycles. The molecule has 2 aromatic carbocycles. The summed E-state index contributed by atoms with van der Waals surface area (Å²) in [5, 5.41) is 15.8. The lowest BCUT2D eigenvalue weighted by Crippen LogP contribution is -2.47. The van der Waals surface area contributed by atoms with E-state index in [2.05, 4.69) is 67.3 Å². The Labute approximate surface area is 335 Å². The molecule has 56 heavy (non-hydrogen) atoms. The number of rotatable bonds is 10. The zero-order valence-electron chi connectivity index (χ0n) is 34.3. The number of aromatic nitrogens is 4. The molecule has 7 aliphatic carbocycles. The Morgan fingerprint density at radius 3 is 1.48 bits per heavy atom. The van der Waals surface area contributed by atoms with E-state index in [1.807, 2.05) is 13.8 Å². The SMILES string of the molecule is Cc1noc(-c2ccc(CC34CC5CC(CC(C5)C3)C4)c(NC3CCCCC3)c2)n1.Cc1noc(-c2ccc(CC3CCCCC3)c(NC3CCCCC3)c2)n1. The highest BCUT2D eigenvalue weighted by atomic mass is 16.5. The van der Waals surface area contributed by atoms with E-state index in [-0.39, 0.29) is 0 Å². The smallest absolute Gasteiger partial charge is 0.257 e. The summed E-state index contributed by atoms with van der Waals surface area (Å²) in [6.45, 7) is 3.75. The third-order valence-corrected chi connectivity index (χ3v) is 14.7. The van der Waals surface area contributed by atoms with Gasteiger partial charge in [-0.05, 0) is 155 Å². The van der Waals surface area contributed by atoms with E-state index in [1.165, 1.54) is 170 Å². The lowest BCUT2D eigenvalue weighted by molar-refractivity contribution is -0.0521. The number of benzene rings is 2. The maximum absolute atomic E-state index is 5.48. The van der Waals surface area contributed by atoms with Crippen LogP contribution in [0.5, 0.6) is 0 Å². The standard InChI is InChI=1S/C26H35N3O.C22H31N3O/c1-17-27-25(30-29-17)21-7-8-22(24(12-21)28-23-5-3-2-4-6-23)16-26-13-18-9-19(14-26)11-20(10-18)15-26;1-16-23-22(26-25-16)19-13-12-18(14-17-8-4-2-5-9-17)21(15-19)24-20-10-6-3-7-11-20/h7-8,12,18-20,23,28H,2-6,9-11,13-16H2,1H3;12-13,15,17,20,24H,2-11,14H2,1H3. The Morgan fingerprint density at radius 2 is 1.02 bits per heavy atom. The molecule has 0 radical (unpaired) electrons. The first-order chi connectivity index (χ1) is 27.4. The van der Waals surface area contributed by atoms with Gasteiger partial charge in [0.05, 0.1) is 0 Å². The molecule has 0 amide bonds. The van der Waals surface area contributed by atoms with E-state index in [9.17, 15) is 0 Å². The molecule has 2 aromatic heterocycles. The third-order valence-electron chi connectivity index (χ3n) is 14.7. The minimum absolute atomic E-state index is 0.556. The number of aryl methyl sites for hydroxylation is 2. The van der Waals surface area contributed by atoms with Gasteiger partial charge in [-0.1, -0.05) is 93.1 Å². The van der Waals surface area contributed by atoms with Gasteiger partial charge in [-0.15, -0.1) is 0 Å². The highest BCUT2D eigenvalue weighted by Crippen LogP contribution is 2.61. The Balaban J connectivity index is 0.000000148. The van der Waals surface area contributed by atoms with Gasteiger partial charge < -0.3 is 19.7 Å². The van der Waals surface area contributed by atoms with Crippen LogP contribution in [0.4, 0.5) is 11.4 Å². The van der Waals surface area contributed by atoms with Gasteiger partial charge in [-0.3, -0.25) is 0 Å². The topological polar surface area (TPSA) is 102 Å². The van der Waals surface area contributed by atoms with Crippen molar-refractivity contribution in [1.82, 2.24) is 20.3 Å². The summed E-state index contributed by atoms with van der Waals surface area (Å²) in [6.07, 6.45) is 31.7. The lowest BCUT2D eigenvalue weighted by Gasteiger charge is -2.57. The first-order valence-corrected chi connectivity index (χ1v) is 22.8. The van der Waals surface area contributed by atoms with Crippen LogP contribution in [-0.2, 0) is 12.8 Å². The zero-order chi connectivity index (χ0) is 37.9. The molecular formula is C48H66N6O2. The normalized spacial score (nSPS) is 26.9. The van der Waals surface area contributed by atoms with Crippen LogP contribution in [0.1, 0.15) is 158 Å². The fourth-order valence-electron chi connectivity index (χ4n) is 12.4. The van der Waals surface area contributed by atoms with Crippen molar-refractivity contribution in [3.05, 3.63) is 59.2 Å². The largest absolute Gasteiger partial charge is 0.382 e. The van der Waals surface area contributed by atoms with Gasteiger partial charge in [-0.2, -0.15) is 9.97 Å². The van der Waals surface area contributed by atoms with Crippen molar-refractivity contribution in [1.29, 1.82) is 0 Å². The zero-order valence-corrected chi connectivity index (χ0v) is 34.3. The predicted molar refractivity (Wildman–Crippen MR) is 225 cm³/mol. The summed E-state index contributed by atoms with van der Waals surface area (Å²) in [4.78, 5) is 8.88. The summed E-state index contributed by atoms with van der Waals surface area (Å²) < 4.78 is 10.9. The highest BCUT2D eigenvalue weighted by molar-refractivity contribution is 5.66. The number of anilines is 2. The van der Waals surface area contributed by atoms with Crippen molar-refractivity contribution >= 4 is 11.4 Å². The van der Waals surface area contributed by atoms with Crippen molar-refractivity contribution in [2.24, 2.45) is 29.1 Å². The maximum Gasteiger partial charge on any atom is 0.257 e. The molecule has 4 aromatic rings. The summed E-state index contributed by atoms with van der Waals surface area (Å²) in [7, 11) is 0. The van der Waals surface area contributed by atoms with Crippen molar-refractivity contribution in [3.8, 4) is 22.9 Å². The van der Waals surface area contributed by atoms with Gasteiger partial charge in [0.25, 0.3) is 11.8 Å². The van der Waals surface area contributed by atoms with Crippen molar-refractivity contribution in [3.63, 3.8) is 0 Å². The maximum atomic E-state index is 5.48. The molecule has 7 aliphatic rings. The third kappa shape index (κ3) is 9.05. The number of nitrogens with zero attached hydrogens (tertiary/aromatic N) is 4. The Morgan fingerprint density at radius 1 is 0.571 bits per heavy atom. The van der Waals surface area contributed by atoms with E-state index < -0.39 is 0 Å². The fourth-order valence-corrected chi connectivity index (χ4v) is 12.4. The van der Waals surface area contributed by atoms with Gasteiger partial charge in [0.2, 0.25) is 0 Å². The number of hydrogen-bond acceptors (Lipinski definition) is 8. The molecule has 11 rings (SSSR count). The van der Waals surface area contributed by atoms with E-state index in [0.717, 1.165) is 34.8 Å². The molecule has 8 heteroatoms. The van der Waals surface area contributed by atoms with Crippen LogP contribution >= 0.6 is 0 Å². The second kappa shape index (κ2) is 17.0. The molecular weight excluding hydrogens is 693 g/mol. The quantitative estimate of drug-likeness (QED) is 0.165. The van der Waals surface area contributed by atoms with Gasteiger partial charge >= 0.3 is 0 Å². The Kier molecular flexibility index (Phi) is 11.5. The molecule has 0 saturated heterocycles. The van der Waals surface area contributed by atoms with Crippen LogP contribution in [0, 0.1) is 42.9 Å². The van der Waals surface area contributed by atoms with Crippen LogP contribution < -0.4 is 10.6 Å². The van der Waals surface area contributed by atoms with Crippen LogP contribution in [-0.4, -0.2) is 32.4 Å². The molecule has 0 spiro atoms. The van der Waals surface area contributed by atoms with Crippen molar-refractivity contribution in [2.75, 3.05) is 10.6 Å². The molecule has 0 aliphatic heterocycles. The second-order valence-corrected chi connectivity index (χ2v) is 19.3. The minimum atomic E-state index is 0.556. The molecule has 0 atom stereocenters. The summed E-state index contributed by atoms with van der Waals surface area (Å²) >= 11 is 0. The van der Waals surface area contributed by atoms with Gasteiger partial charge in [0.1, 0.15) is 0 Å². The second-order valence-electron chi connectivity index (χ2n) is 19.3. The van der Waals surface area contributed by atoms with E-state index in [4.69, 9.17) is 9.05 Å². The van der Waals surface area contributed by atoms with E-state index in [0.29, 0.717) is 40.9 Å². The van der Waals surface area contributed by atoms with Crippen molar-refractivity contribution < 1.29 is 9.05 Å². The van der Waals surface area contributed by atoms with Crippen LogP contribution in [0.15, 0.2) is 45.4 Å². The highest BCUT2D eigenvalue weighted by Gasteiger charge is 2.50. The average Bonchev–Trinajstić information content (AvgIpc) is 3.85. The first kappa shape index (κ1) is 37.9. The molecule has 7 fully saturated rings. The van der Waals surface area contributed by atoms with Crippen LogP contribution in [0.2, 0.25) is 0 Å². The molecule has 4 bridgehead atoms. The average molecular weight is 759 g/mol. The summed E-state index contributed by atoms with van der Waals surface area (Å²) in [6, 6.07) is 14.7. The van der Waals surface area contributed by atoms with Crippen LogP contribution in [0.25, 0.3) is 22.9 Å². The number of hydrogen-bond donors (Lipinski definition) is 2. The predicted octanol–water partition coefficient (Wildman–Crippen LogP) is 12.5. The number of nitrogens with one attached hydrogen (secondary N) is 2. The van der Waals surface area contributed by atoms with E-state index in [1.54, 1.807) is 0 Å². The van der Waals surface area contributed by atoms with Gasteiger partial charge in [0.15, 0.2) is 11.6 Å². The first-order valence-electron chi connectivity index (χ1n) is 22.8. The fraction of sp³-hybridized carbons (Fsp3) is 0.667. The molecule has 2 N–H and O–H groups in total. The van der Waals surface area contributed by atoms with Crippen LogP contribution in [0.3, 0.4) is 0 Å². The molecule has 7 saturated carbocycles. The monoisotopic (exact) mass is 759 g/mol. The summed E-state index contributed by atoms with van der Waals surface area (Å²) in [5.41, 5.74) is 8.21. The Bertz CT molecular complexity index is 1860.